The van der Waals surface area contributed by atoms with E-state index in [4.69, 9.17) is 5.73 Å². The summed E-state index contributed by atoms with van der Waals surface area (Å²) in [5.41, 5.74) is 6.83. The molecule has 0 spiro atoms. The highest BCUT2D eigenvalue weighted by Gasteiger charge is 2.24. The zero-order valence-corrected chi connectivity index (χ0v) is 12.8. The summed E-state index contributed by atoms with van der Waals surface area (Å²) in [7, 11) is 0. The summed E-state index contributed by atoms with van der Waals surface area (Å²) in [4.78, 5) is 25.7. The molecule has 5 nitrogen and oxygen atoms in total. The summed E-state index contributed by atoms with van der Waals surface area (Å²) in [6, 6.07) is 9.79. The minimum Gasteiger partial charge on any atom is -0.355 e. The molecule has 0 saturated heterocycles. The minimum absolute atomic E-state index is 0.0601. The molecule has 3 N–H and O–H groups in total. The summed E-state index contributed by atoms with van der Waals surface area (Å²) < 4.78 is 0. The Balaban J connectivity index is 2.69. The first-order valence-corrected chi connectivity index (χ1v) is 7.41. The largest absolute Gasteiger partial charge is 0.355 e. The standard InChI is InChI=1S/C16H25N3O2/c1-3-18-15(20)12-19(4-2)16(21)14(11-17)10-13-8-6-5-7-9-13/h5-9,14H,3-4,10-12,17H2,1-2H3,(H,18,20). The van der Waals surface area contributed by atoms with Gasteiger partial charge in [0.25, 0.3) is 0 Å². The Morgan fingerprint density at radius 1 is 1.24 bits per heavy atom. The average Bonchev–Trinajstić information content (AvgIpc) is 2.51. The van der Waals surface area contributed by atoms with Crippen LogP contribution < -0.4 is 11.1 Å². The molecule has 5 heteroatoms. The van der Waals surface area contributed by atoms with Gasteiger partial charge in [0.1, 0.15) is 0 Å². The first-order valence-electron chi connectivity index (χ1n) is 7.41. The second-order valence-corrected chi connectivity index (χ2v) is 4.93. The summed E-state index contributed by atoms with van der Waals surface area (Å²) in [6.07, 6.45) is 0.599. The van der Waals surface area contributed by atoms with E-state index in [0.717, 1.165) is 5.56 Å². The van der Waals surface area contributed by atoms with Crippen molar-refractivity contribution in [2.75, 3.05) is 26.2 Å². The number of carbonyl (C=O) groups excluding carboxylic acids is 2. The third-order valence-corrected chi connectivity index (χ3v) is 3.36. The number of hydrogen-bond acceptors (Lipinski definition) is 3. The van der Waals surface area contributed by atoms with Crippen molar-refractivity contribution >= 4 is 11.8 Å². The number of carbonyl (C=O) groups is 2. The first-order chi connectivity index (χ1) is 10.1. The molecule has 0 aliphatic heterocycles. The zero-order chi connectivity index (χ0) is 15.7. The van der Waals surface area contributed by atoms with E-state index in [1.807, 2.05) is 44.2 Å². The predicted octanol–water partition coefficient (Wildman–Crippen LogP) is 0.789. The monoisotopic (exact) mass is 291 g/mol. The van der Waals surface area contributed by atoms with Crippen LogP contribution in [0.3, 0.4) is 0 Å². The Labute approximate surface area is 126 Å². The Hall–Kier alpha value is -1.88. The lowest BCUT2D eigenvalue weighted by Crippen LogP contribution is -2.45. The number of nitrogens with one attached hydrogen (secondary N) is 1. The number of hydrogen-bond donors (Lipinski definition) is 2. The second kappa shape index (κ2) is 9.13. The van der Waals surface area contributed by atoms with Gasteiger partial charge in [-0.1, -0.05) is 30.3 Å². The van der Waals surface area contributed by atoms with Gasteiger partial charge in [-0.2, -0.15) is 0 Å². The Morgan fingerprint density at radius 3 is 2.43 bits per heavy atom. The molecule has 21 heavy (non-hydrogen) atoms. The molecule has 2 amide bonds. The predicted molar refractivity (Wildman–Crippen MR) is 83.6 cm³/mol. The van der Waals surface area contributed by atoms with Crippen LogP contribution in [-0.2, 0) is 16.0 Å². The van der Waals surface area contributed by atoms with Crippen molar-refractivity contribution in [3.05, 3.63) is 35.9 Å². The summed E-state index contributed by atoms with van der Waals surface area (Å²) in [6.45, 7) is 5.16. The number of nitrogens with zero attached hydrogens (tertiary/aromatic N) is 1. The molecule has 1 unspecified atom stereocenters. The van der Waals surface area contributed by atoms with Gasteiger partial charge < -0.3 is 16.0 Å². The summed E-state index contributed by atoms with van der Waals surface area (Å²) >= 11 is 0. The van der Waals surface area contributed by atoms with E-state index in [2.05, 4.69) is 5.32 Å². The van der Waals surface area contributed by atoms with Crippen molar-refractivity contribution in [1.29, 1.82) is 0 Å². The molecule has 1 rings (SSSR count). The van der Waals surface area contributed by atoms with Crippen molar-refractivity contribution in [2.45, 2.75) is 20.3 Å². The third kappa shape index (κ3) is 5.55. The molecule has 1 aromatic carbocycles. The quantitative estimate of drug-likeness (QED) is 0.743. The summed E-state index contributed by atoms with van der Waals surface area (Å²) in [5.74, 6) is -0.486. The summed E-state index contributed by atoms with van der Waals surface area (Å²) in [5, 5.41) is 2.71. The molecule has 0 radical (unpaired) electrons. The highest BCUT2D eigenvalue weighted by atomic mass is 16.2. The Morgan fingerprint density at radius 2 is 1.90 bits per heavy atom. The lowest BCUT2D eigenvalue weighted by atomic mass is 9.98. The van der Waals surface area contributed by atoms with Gasteiger partial charge >= 0.3 is 0 Å². The number of likely N-dealkylation sites (N-methyl/N-ethyl adjacent to an activating group) is 2. The fraction of sp³-hybridized carbons (Fsp3) is 0.500. The molecule has 1 aromatic rings. The molecule has 0 bridgehead atoms. The molecule has 0 saturated carbocycles. The van der Waals surface area contributed by atoms with Crippen LogP contribution in [0, 0.1) is 5.92 Å². The maximum Gasteiger partial charge on any atom is 0.239 e. The molecule has 0 heterocycles. The molecule has 0 aliphatic rings. The number of amides is 2. The number of benzene rings is 1. The topological polar surface area (TPSA) is 75.4 Å². The normalized spacial score (nSPS) is 11.8. The maximum absolute atomic E-state index is 12.5. The van der Waals surface area contributed by atoms with Crippen molar-refractivity contribution < 1.29 is 9.59 Å². The van der Waals surface area contributed by atoms with Gasteiger partial charge in [-0.3, -0.25) is 9.59 Å². The molecular formula is C16H25N3O2. The van der Waals surface area contributed by atoms with Gasteiger partial charge in [-0.15, -0.1) is 0 Å². The molecule has 116 valence electrons. The molecular weight excluding hydrogens is 266 g/mol. The lowest BCUT2D eigenvalue weighted by Gasteiger charge is -2.25. The SMILES string of the molecule is CCNC(=O)CN(CC)C(=O)C(CN)Cc1ccccc1. The third-order valence-electron chi connectivity index (χ3n) is 3.36. The van der Waals surface area contributed by atoms with Crippen LogP contribution in [-0.4, -0.2) is 42.9 Å². The Kier molecular flexibility index (Phi) is 7.46. The van der Waals surface area contributed by atoms with Crippen LogP contribution in [0.5, 0.6) is 0 Å². The van der Waals surface area contributed by atoms with Crippen molar-refractivity contribution in [3.8, 4) is 0 Å². The van der Waals surface area contributed by atoms with Crippen LogP contribution in [0.2, 0.25) is 0 Å². The van der Waals surface area contributed by atoms with Crippen molar-refractivity contribution in [2.24, 2.45) is 11.7 Å². The van der Waals surface area contributed by atoms with Crippen LogP contribution in [0.4, 0.5) is 0 Å². The van der Waals surface area contributed by atoms with Gasteiger partial charge in [-0.25, -0.2) is 0 Å². The fourth-order valence-electron chi connectivity index (χ4n) is 2.20. The van der Waals surface area contributed by atoms with E-state index in [9.17, 15) is 9.59 Å². The maximum atomic E-state index is 12.5. The fourth-order valence-corrected chi connectivity index (χ4v) is 2.20. The number of rotatable bonds is 8. The minimum atomic E-state index is -0.290. The molecule has 0 aliphatic carbocycles. The van der Waals surface area contributed by atoms with E-state index >= 15 is 0 Å². The van der Waals surface area contributed by atoms with Gasteiger partial charge in [0.2, 0.25) is 11.8 Å². The molecule has 0 fully saturated rings. The van der Waals surface area contributed by atoms with Crippen molar-refractivity contribution in [3.63, 3.8) is 0 Å². The van der Waals surface area contributed by atoms with Crippen LogP contribution in [0.25, 0.3) is 0 Å². The van der Waals surface area contributed by atoms with E-state index in [1.165, 1.54) is 0 Å². The molecule has 1 atom stereocenters. The van der Waals surface area contributed by atoms with Crippen LogP contribution >= 0.6 is 0 Å². The van der Waals surface area contributed by atoms with Gasteiger partial charge in [0.15, 0.2) is 0 Å². The van der Waals surface area contributed by atoms with E-state index < -0.39 is 0 Å². The highest BCUT2D eigenvalue weighted by Crippen LogP contribution is 2.11. The average molecular weight is 291 g/mol. The zero-order valence-electron chi connectivity index (χ0n) is 12.8. The lowest BCUT2D eigenvalue weighted by molar-refractivity contribution is -0.139. The van der Waals surface area contributed by atoms with E-state index in [-0.39, 0.29) is 30.8 Å². The van der Waals surface area contributed by atoms with Crippen molar-refractivity contribution in [1.82, 2.24) is 10.2 Å². The Bertz CT molecular complexity index is 448. The van der Waals surface area contributed by atoms with Gasteiger partial charge in [0.05, 0.1) is 12.5 Å². The van der Waals surface area contributed by atoms with E-state index in [0.29, 0.717) is 19.5 Å². The highest BCUT2D eigenvalue weighted by molar-refractivity contribution is 5.86. The van der Waals surface area contributed by atoms with Crippen LogP contribution in [0.15, 0.2) is 30.3 Å². The smallest absolute Gasteiger partial charge is 0.239 e. The second-order valence-electron chi connectivity index (χ2n) is 4.93. The van der Waals surface area contributed by atoms with Crippen LogP contribution in [0.1, 0.15) is 19.4 Å². The first kappa shape index (κ1) is 17.2. The van der Waals surface area contributed by atoms with E-state index in [1.54, 1.807) is 4.90 Å². The van der Waals surface area contributed by atoms with Gasteiger partial charge in [0, 0.05) is 19.6 Å². The molecule has 0 aromatic heterocycles. The van der Waals surface area contributed by atoms with Gasteiger partial charge in [-0.05, 0) is 25.8 Å². The number of nitrogens with two attached hydrogens (primary N) is 1.